The predicted molar refractivity (Wildman–Crippen MR) is 130 cm³/mol. The molecule has 0 radical (unpaired) electrons. The van der Waals surface area contributed by atoms with Gasteiger partial charge < -0.3 is 26.2 Å². The van der Waals surface area contributed by atoms with E-state index in [4.69, 9.17) is 5.73 Å². The van der Waals surface area contributed by atoms with Crippen LogP contribution in [-0.2, 0) is 30.4 Å². The molecule has 2 aliphatic heterocycles. The number of alkyl halides is 3. The van der Waals surface area contributed by atoms with E-state index >= 15 is 0 Å². The lowest BCUT2D eigenvalue weighted by Gasteiger charge is -2.36. The number of hydrogen-bond acceptors (Lipinski definition) is 5. The number of carbonyl (C=O) groups is 5. The highest BCUT2D eigenvalue weighted by atomic mass is 19.4. The van der Waals surface area contributed by atoms with E-state index < -0.39 is 53.3 Å². The number of nitrogens with zero attached hydrogens (tertiary/aromatic N) is 2. The number of para-hydroxylation sites is 1. The van der Waals surface area contributed by atoms with Crippen LogP contribution in [0.2, 0.25) is 0 Å². The average Bonchev–Trinajstić information content (AvgIpc) is 3.22. The minimum absolute atomic E-state index is 0.0155. The Bertz CT molecular complexity index is 1140. The summed E-state index contributed by atoms with van der Waals surface area (Å²) in [6.45, 7) is 4.53. The van der Waals surface area contributed by atoms with E-state index in [-0.39, 0.29) is 37.6 Å². The summed E-state index contributed by atoms with van der Waals surface area (Å²) >= 11 is 0. The maximum atomic E-state index is 13.8. The van der Waals surface area contributed by atoms with Gasteiger partial charge in [0.2, 0.25) is 23.6 Å². The number of amides is 5. The Kier molecular flexibility index (Phi) is 8.08. The minimum Gasteiger partial charge on any atom is -0.368 e. The smallest absolute Gasteiger partial charge is 0.368 e. The summed E-state index contributed by atoms with van der Waals surface area (Å²) in [6, 6.07) is 3.30. The normalized spacial score (nSPS) is 22.5. The number of anilines is 1. The molecule has 1 aromatic rings. The highest BCUT2D eigenvalue weighted by molar-refractivity contribution is 6.01. The van der Waals surface area contributed by atoms with Crippen LogP contribution in [0.1, 0.15) is 39.2 Å². The molecule has 2 unspecified atom stereocenters. The van der Waals surface area contributed by atoms with Crippen LogP contribution < -0.4 is 16.4 Å². The number of fused-ring (bicyclic) bond motifs is 1. The number of carbonyl (C=O) groups excluding carboxylic acids is 5. The van der Waals surface area contributed by atoms with Crippen LogP contribution in [0, 0.1) is 11.3 Å². The van der Waals surface area contributed by atoms with Gasteiger partial charge in [-0.3, -0.25) is 24.0 Å². The molecule has 3 rings (SSSR count). The number of nitrogens with one attached hydrogen (secondary N) is 2. The van der Waals surface area contributed by atoms with Crippen molar-refractivity contribution in [2.24, 2.45) is 17.1 Å². The van der Waals surface area contributed by atoms with Gasteiger partial charge in [-0.05, 0) is 43.7 Å². The molecular weight excluding hydrogens is 507 g/mol. The molecule has 1 spiro atoms. The van der Waals surface area contributed by atoms with Crippen LogP contribution in [0.3, 0.4) is 0 Å². The van der Waals surface area contributed by atoms with E-state index in [2.05, 4.69) is 5.32 Å². The van der Waals surface area contributed by atoms with E-state index in [0.717, 1.165) is 17.4 Å². The van der Waals surface area contributed by atoms with E-state index in [1.54, 1.807) is 31.3 Å². The Labute approximate surface area is 218 Å². The van der Waals surface area contributed by atoms with Crippen molar-refractivity contribution < 1.29 is 37.1 Å². The topological polar surface area (TPSA) is 142 Å². The summed E-state index contributed by atoms with van der Waals surface area (Å²) in [5.41, 5.74) is 5.99. The van der Waals surface area contributed by atoms with Gasteiger partial charge in [-0.15, -0.1) is 0 Å². The van der Waals surface area contributed by atoms with Crippen LogP contribution in [-0.4, -0.2) is 77.2 Å². The first-order valence-electron chi connectivity index (χ1n) is 12.2. The second kappa shape index (κ2) is 10.6. The molecule has 0 aliphatic carbocycles. The highest BCUT2D eigenvalue weighted by Crippen LogP contribution is 2.43. The van der Waals surface area contributed by atoms with Crippen molar-refractivity contribution in [3.8, 4) is 0 Å². The van der Waals surface area contributed by atoms with Gasteiger partial charge >= 0.3 is 12.1 Å². The molecule has 208 valence electrons. The van der Waals surface area contributed by atoms with Crippen molar-refractivity contribution in [2.45, 2.75) is 64.3 Å². The standard InChI is InChI=1S/C25H32F3N5O5/c1-13(2)9-17(32(4)20(35)14(3)30-23(38)25(26,27)28)21(36)33-12-24(11-18(33)19(29)34)10-15-7-5-6-8-16(15)31-22(24)37/h5-8,13-14,17-18H,9-12H2,1-4H3,(H2,29,34)(H,30,38)(H,31,37)/t14?,17?,18-,24-/m0/s1. The summed E-state index contributed by atoms with van der Waals surface area (Å²) in [6.07, 6.45) is -4.81. The Morgan fingerprint density at radius 2 is 1.84 bits per heavy atom. The van der Waals surface area contributed by atoms with Crippen molar-refractivity contribution in [2.75, 3.05) is 18.9 Å². The fourth-order valence-electron chi connectivity index (χ4n) is 5.12. The number of primary amides is 1. The number of nitrogens with two attached hydrogens (primary N) is 1. The predicted octanol–water partition coefficient (Wildman–Crippen LogP) is 1.19. The molecule has 0 aromatic heterocycles. The first-order valence-corrected chi connectivity index (χ1v) is 12.2. The van der Waals surface area contributed by atoms with Gasteiger partial charge in [0.1, 0.15) is 18.1 Å². The summed E-state index contributed by atoms with van der Waals surface area (Å²) in [4.78, 5) is 65.9. The van der Waals surface area contributed by atoms with Gasteiger partial charge in [0, 0.05) is 19.3 Å². The molecule has 2 aliphatic rings. The third-order valence-electron chi connectivity index (χ3n) is 7.09. The number of benzene rings is 1. The van der Waals surface area contributed by atoms with Crippen LogP contribution in [0.5, 0.6) is 0 Å². The summed E-state index contributed by atoms with van der Waals surface area (Å²) < 4.78 is 38.0. The van der Waals surface area contributed by atoms with E-state index in [0.29, 0.717) is 5.69 Å². The summed E-state index contributed by atoms with van der Waals surface area (Å²) in [7, 11) is 1.25. The van der Waals surface area contributed by atoms with E-state index in [1.807, 2.05) is 12.1 Å². The van der Waals surface area contributed by atoms with Crippen molar-refractivity contribution in [3.63, 3.8) is 0 Å². The Balaban J connectivity index is 1.88. The number of halogens is 3. The minimum atomic E-state index is -5.18. The number of likely N-dealkylation sites (tertiary alicyclic amines) is 1. The third-order valence-corrected chi connectivity index (χ3v) is 7.09. The lowest BCUT2D eigenvalue weighted by Crippen LogP contribution is -2.57. The summed E-state index contributed by atoms with van der Waals surface area (Å²) in [5, 5.41) is 4.43. The monoisotopic (exact) mass is 539 g/mol. The third kappa shape index (κ3) is 5.76. The lowest BCUT2D eigenvalue weighted by atomic mass is 9.76. The van der Waals surface area contributed by atoms with Gasteiger partial charge in [0.15, 0.2) is 0 Å². The SMILES string of the molecule is CC(C)CC(C(=O)N1C[C@]2(Cc3ccccc3NC2=O)C[C@H]1C(N)=O)N(C)C(=O)C(C)NC(=O)C(F)(F)F. The first kappa shape index (κ1) is 28.9. The van der Waals surface area contributed by atoms with Gasteiger partial charge in [-0.25, -0.2) is 0 Å². The molecule has 5 amide bonds. The van der Waals surface area contributed by atoms with Crippen molar-refractivity contribution >= 4 is 35.2 Å². The Hall–Kier alpha value is -3.64. The van der Waals surface area contributed by atoms with Crippen molar-refractivity contribution in [1.29, 1.82) is 0 Å². The largest absolute Gasteiger partial charge is 0.471 e. The van der Waals surface area contributed by atoms with E-state index in [9.17, 15) is 37.1 Å². The molecule has 2 heterocycles. The lowest BCUT2D eigenvalue weighted by molar-refractivity contribution is -0.175. The number of rotatable bonds is 7. The van der Waals surface area contributed by atoms with Gasteiger partial charge in [0.25, 0.3) is 0 Å². The molecule has 0 bridgehead atoms. The zero-order valence-corrected chi connectivity index (χ0v) is 21.6. The Morgan fingerprint density at radius 3 is 2.42 bits per heavy atom. The highest BCUT2D eigenvalue weighted by Gasteiger charge is 2.55. The van der Waals surface area contributed by atoms with Gasteiger partial charge in [-0.2, -0.15) is 13.2 Å². The molecule has 10 nitrogen and oxygen atoms in total. The molecular formula is C25H32F3N5O5. The molecule has 0 saturated carbocycles. The second-order valence-electron chi connectivity index (χ2n) is 10.4. The number of hydrogen-bond donors (Lipinski definition) is 3. The average molecular weight is 540 g/mol. The molecule has 38 heavy (non-hydrogen) atoms. The van der Waals surface area contributed by atoms with Gasteiger partial charge in [-0.1, -0.05) is 32.0 Å². The zero-order chi connectivity index (χ0) is 28.6. The Morgan fingerprint density at radius 1 is 1.21 bits per heavy atom. The van der Waals surface area contributed by atoms with Crippen LogP contribution in [0.15, 0.2) is 24.3 Å². The van der Waals surface area contributed by atoms with Gasteiger partial charge in [0.05, 0.1) is 5.41 Å². The van der Waals surface area contributed by atoms with E-state index in [1.165, 1.54) is 11.9 Å². The van der Waals surface area contributed by atoms with Crippen molar-refractivity contribution in [3.05, 3.63) is 29.8 Å². The molecule has 13 heteroatoms. The molecule has 1 fully saturated rings. The molecule has 4 N–H and O–H groups in total. The number of likely N-dealkylation sites (N-methyl/N-ethyl adjacent to an activating group) is 1. The summed E-state index contributed by atoms with van der Waals surface area (Å²) in [5.74, 6) is -5.16. The van der Waals surface area contributed by atoms with Crippen molar-refractivity contribution in [1.82, 2.24) is 15.1 Å². The molecule has 1 aromatic carbocycles. The van der Waals surface area contributed by atoms with Crippen LogP contribution in [0.25, 0.3) is 0 Å². The fraction of sp³-hybridized carbons (Fsp3) is 0.560. The van der Waals surface area contributed by atoms with Crippen LogP contribution in [0.4, 0.5) is 18.9 Å². The maximum absolute atomic E-state index is 13.8. The van der Waals surface area contributed by atoms with Crippen LogP contribution >= 0.6 is 0 Å². The maximum Gasteiger partial charge on any atom is 0.471 e. The second-order valence-corrected chi connectivity index (χ2v) is 10.4. The molecule has 4 atom stereocenters. The zero-order valence-electron chi connectivity index (χ0n) is 21.6. The first-order chi connectivity index (χ1) is 17.6. The quantitative estimate of drug-likeness (QED) is 0.477. The molecule has 1 saturated heterocycles. The fourth-order valence-corrected chi connectivity index (χ4v) is 5.12.